The summed E-state index contributed by atoms with van der Waals surface area (Å²) in [6.45, 7) is 0. The average Bonchev–Trinajstić information content (AvgIpc) is 3.16. The van der Waals surface area contributed by atoms with Gasteiger partial charge in [-0.05, 0) is 41.6 Å². The van der Waals surface area contributed by atoms with Gasteiger partial charge in [0.05, 0.1) is 0 Å². The molecule has 1 atom stereocenters. The molecule has 7 nitrogen and oxygen atoms in total. The lowest BCUT2D eigenvalue weighted by atomic mass is 10.1. The molecule has 138 valence electrons. The van der Waals surface area contributed by atoms with Crippen LogP contribution >= 0.6 is 23.4 Å². The zero-order chi connectivity index (χ0) is 19.2. The zero-order valence-electron chi connectivity index (χ0n) is 14.2. The number of hydrogen-bond donors (Lipinski definition) is 2. The van der Waals surface area contributed by atoms with Crippen LogP contribution in [0.2, 0.25) is 5.02 Å². The molecule has 0 saturated carbocycles. The van der Waals surface area contributed by atoms with Crippen LogP contribution in [0.4, 0.5) is 4.79 Å². The van der Waals surface area contributed by atoms with E-state index in [1.165, 1.54) is 7.05 Å². The van der Waals surface area contributed by atoms with Crippen LogP contribution in [0.3, 0.4) is 0 Å². The number of amides is 3. The van der Waals surface area contributed by atoms with E-state index >= 15 is 0 Å². The molecule has 27 heavy (non-hydrogen) atoms. The summed E-state index contributed by atoms with van der Waals surface area (Å²) in [4.78, 5) is 24.0. The van der Waals surface area contributed by atoms with Gasteiger partial charge in [0.1, 0.15) is 5.25 Å². The van der Waals surface area contributed by atoms with E-state index in [9.17, 15) is 9.59 Å². The lowest BCUT2D eigenvalue weighted by Crippen LogP contribution is -2.39. The van der Waals surface area contributed by atoms with Gasteiger partial charge in [-0.3, -0.25) is 10.1 Å². The molecule has 3 aromatic rings. The third kappa shape index (κ3) is 4.87. The second kappa shape index (κ2) is 8.70. The van der Waals surface area contributed by atoms with Crippen molar-refractivity contribution in [2.45, 2.75) is 10.5 Å². The number of nitrogens with zero attached hydrogens (tertiary/aromatic N) is 2. The van der Waals surface area contributed by atoms with Crippen molar-refractivity contribution in [2.75, 3.05) is 7.05 Å². The van der Waals surface area contributed by atoms with Gasteiger partial charge in [-0.25, -0.2) is 4.79 Å². The van der Waals surface area contributed by atoms with Gasteiger partial charge < -0.3 is 9.73 Å². The summed E-state index contributed by atoms with van der Waals surface area (Å²) in [5.41, 5.74) is 1.42. The van der Waals surface area contributed by atoms with Gasteiger partial charge in [0.25, 0.3) is 5.22 Å². The van der Waals surface area contributed by atoms with Gasteiger partial charge in [0, 0.05) is 17.6 Å². The summed E-state index contributed by atoms with van der Waals surface area (Å²) < 4.78 is 5.66. The highest BCUT2D eigenvalue weighted by atomic mass is 35.5. The molecule has 2 N–H and O–H groups in total. The van der Waals surface area contributed by atoms with E-state index in [2.05, 4.69) is 20.8 Å². The Morgan fingerprint density at radius 1 is 1.07 bits per heavy atom. The summed E-state index contributed by atoms with van der Waals surface area (Å²) in [6, 6.07) is 15.4. The Labute approximate surface area is 164 Å². The number of carbonyl (C=O) groups is 2. The molecule has 3 rings (SSSR count). The molecule has 0 fully saturated rings. The molecule has 1 heterocycles. The van der Waals surface area contributed by atoms with E-state index in [0.29, 0.717) is 22.0 Å². The first-order chi connectivity index (χ1) is 13.1. The van der Waals surface area contributed by atoms with Gasteiger partial charge >= 0.3 is 6.03 Å². The van der Waals surface area contributed by atoms with Gasteiger partial charge in [-0.15, -0.1) is 10.2 Å². The SMILES string of the molecule is CNC(=O)NC(=O)[C@@H](Sc1nnc(-c2ccc(Cl)cc2)o1)c1ccccc1. The Morgan fingerprint density at radius 2 is 1.78 bits per heavy atom. The fraction of sp³-hybridized carbons (Fsp3) is 0.111. The first-order valence-electron chi connectivity index (χ1n) is 7.90. The van der Waals surface area contributed by atoms with Crippen molar-refractivity contribution >= 4 is 35.3 Å². The Morgan fingerprint density at radius 3 is 2.44 bits per heavy atom. The first kappa shape index (κ1) is 18.9. The van der Waals surface area contributed by atoms with Crippen molar-refractivity contribution in [1.29, 1.82) is 0 Å². The third-order valence-electron chi connectivity index (χ3n) is 3.52. The third-order valence-corrected chi connectivity index (χ3v) is 4.86. The molecule has 9 heteroatoms. The van der Waals surface area contributed by atoms with E-state index in [0.717, 1.165) is 11.8 Å². The summed E-state index contributed by atoms with van der Waals surface area (Å²) in [5, 5.41) is 12.7. The summed E-state index contributed by atoms with van der Waals surface area (Å²) in [6.07, 6.45) is 0. The first-order valence-corrected chi connectivity index (χ1v) is 9.16. The molecule has 0 unspecified atom stereocenters. The molecule has 0 bridgehead atoms. The zero-order valence-corrected chi connectivity index (χ0v) is 15.8. The molecule has 0 aliphatic carbocycles. The maximum absolute atomic E-state index is 12.5. The summed E-state index contributed by atoms with van der Waals surface area (Å²) in [7, 11) is 1.43. The van der Waals surface area contributed by atoms with Crippen LogP contribution in [0.15, 0.2) is 64.2 Å². The monoisotopic (exact) mass is 402 g/mol. The van der Waals surface area contributed by atoms with E-state index in [1.807, 2.05) is 18.2 Å². The van der Waals surface area contributed by atoms with Crippen LogP contribution in [0, 0.1) is 0 Å². The Bertz CT molecular complexity index is 931. The highest BCUT2D eigenvalue weighted by Crippen LogP contribution is 2.36. The Kier molecular flexibility index (Phi) is 6.10. The van der Waals surface area contributed by atoms with Crippen LogP contribution in [0.5, 0.6) is 0 Å². The standard InChI is InChI=1S/C18H15ClN4O3S/c1-20-17(25)21-15(24)14(11-5-3-2-4-6-11)27-18-23-22-16(26-18)12-7-9-13(19)10-8-12/h2-10,14H,1H3,(H2,20,21,24,25)/t14-/m0/s1. The molecule has 2 aromatic carbocycles. The van der Waals surface area contributed by atoms with Crippen molar-refractivity contribution in [3.8, 4) is 11.5 Å². The lowest BCUT2D eigenvalue weighted by molar-refractivity contribution is -0.119. The van der Waals surface area contributed by atoms with Crippen molar-refractivity contribution in [2.24, 2.45) is 0 Å². The Balaban J connectivity index is 1.83. The fourth-order valence-electron chi connectivity index (χ4n) is 2.21. The fourth-order valence-corrected chi connectivity index (χ4v) is 3.21. The number of thioether (sulfide) groups is 1. The lowest BCUT2D eigenvalue weighted by Gasteiger charge is -2.14. The van der Waals surface area contributed by atoms with Crippen molar-refractivity contribution < 1.29 is 14.0 Å². The van der Waals surface area contributed by atoms with E-state index in [4.69, 9.17) is 16.0 Å². The molecule has 1 aromatic heterocycles. The predicted octanol–water partition coefficient (Wildman–Crippen LogP) is 3.68. The van der Waals surface area contributed by atoms with Gasteiger partial charge in [-0.1, -0.05) is 41.9 Å². The highest BCUT2D eigenvalue weighted by molar-refractivity contribution is 8.00. The minimum Gasteiger partial charge on any atom is -0.411 e. The van der Waals surface area contributed by atoms with E-state index < -0.39 is 17.2 Å². The maximum atomic E-state index is 12.5. The number of benzene rings is 2. The molecular weight excluding hydrogens is 388 g/mol. The molecule has 0 saturated heterocycles. The van der Waals surface area contributed by atoms with Crippen molar-refractivity contribution in [3.63, 3.8) is 0 Å². The number of halogens is 1. The highest BCUT2D eigenvalue weighted by Gasteiger charge is 2.26. The molecule has 0 aliphatic rings. The van der Waals surface area contributed by atoms with E-state index in [-0.39, 0.29) is 5.22 Å². The van der Waals surface area contributed by atoms with E-state index in [1.54, 1.807) is 36.4 Å². The van der Waals surface area contributed by atoms with Crippen LogP contribution in [0.1, 0.15) is 10.8 Å². The number of hydrogen-bond acceptors (Lipinski definition) is 6. The number of nitrogens with one attached hydrogen (secondary N) is 2. The van der Waals surface area contributed by atoms with Crippen LogP contribution in [-0.2, 0) is 4.79 Å². The number of carbonyl (C=O) groups excluding carboxylic acids is 2. The molecule has 0 radical (unpaired) electrons. The second-order valence-electron chi connectivity index (χ2n) is 5.36. The Hall–Kier alpha value is -2.84. The summed E-state index contributed by atoms with van der Waals surface area (Å²) in [5.74, 6) is -0.176. The van der Waals surface area contributed by atoms with Crippen LogP contribution in [0.25, 0.3) is 11.5 Å². The molecule has 0 spiro atoms. The number of urea groups is 1. The number of imide groups is 1. The molecule has 0 aliphatic heterocycles. The van der Waals surface area contributed by atoms with Crippen LogP contribution in [-0.4, -0.2) is 29.2 Å². The minimum atomic E-state index is -0.734. The van der Waals surface area contributed by atoms with Crippen LogP contribution < -0.4 is 10.6 Å². The predicted molar refractivity (Wildman–Crippen MR) is 102 cm³/mol. The van der Waals surface area contributed by atoms with Gasteiger partial charge in [0.15, 0.2) is 0 Å². The topological polar surface area (TPSA) is 97.1 Å². The number of rotatable bonds is 5. The van der Waals surface area contributed by atoms with Gasteiger partial charge in [0.2, 0.25) is 11.8 Å². The van der Waals surface area contributed by atoms with Gasteiger partial charge in [-0.2, -0.15) is 0 Å². The second-order valence-corrected chi connectivity index (χ2v) is 6.85. The smallest absolute Gasteiger partial charge is 0.321 e. The van der Waals surface area contributed by atoms with Crippen molar-refractivity contribution in [1.82, 2.24) is 20.8 Å². The minimum absolute atomic E-state index is 0.209. The summed E-state index contributed by atoms with van der Waals surface area (Å²) >= 11 is 6.94. The number of aromatic nitrogens is 2. The normalized spacial score (nSPS) is 11.6. The molecular formula is C18H15ClN4O3S. The molecule has 3 amide bonds. The average molecular weight is 403 g/mol. The largest absolute Gasteiger partial charge is 0.411 e. The quantitative estimate of drug-likeness (QED) is 0.632. The van der Waals surface area contributed by atoms with Crippen molar-refractivity contribution in [3.05, 3.63) is 65.2 Å². The maximum Gasteiger partial charge on any atom is 0.321 e.